The summed E-state index contributed by atoms with van der Waals surface area (Å²) in [5.74, 6) is 0. The molecule has 0 fully saturated rings. The van der Waals surface area contributed by atoms with E-state index in [0.717, 1.165) is 27.6 Å². The Bertz CT molecular complexity index is 477. The number of rotatable bonds is 1. The van der Waals surface area contributed by atoms with Crippen molar-refractivity contribution in [3.63, 3.8) is 0 Å². The second-order valence-corrected chi connectivity index (χ2v) is 3.51. The summed E-state index contributed by atoms with van der Waals surface area (Å²) in [5, 5.41) is 11.3. The van der Waals surface area contributed by atoms with Gasteiger partial charge >= 0.3 is 0 Å². The second-order valence-electron chi connectivity index (χ2n) is 3.51. The van der Waals surface area contributed by atoms with Crippen LogP contribution in [-0.4, -0.2) is 5.11 Å². The van der Waals surface area contributed by atoms with Gasteiger partial charge < -0.3 is 10.8 Å². The van der Waals surface area contributed by atoms with Crippen molar-refractivity contribution >= 4 is 16.5 Å². The van der Waals surface area contributed by atoms with E-state index in [1.165, 1.54) is 0 Å². The highest BCUT2D eigenvalue weighted by molar-refractivity contribution is 5.93. The number of fused-ring (bicyclic) bond motifs is 1. The van der Waals surface area contributed by atoms with Crippen molar-refractivity contribution in [1.29, 1.82) is 0 Å². The van der Waals surface area contributed by atoms with Crippen LogP contribution in [0, 0.1) is 6.92 Å². The molecule has 2 aromatic carbocycles. The smallest absolute Gasteiger partial charge is 0.0684 e. The zero-order valence-corrected chi connectivity index (χ0v) is 8.12. The summed E-state index contributed by atoms with van der Waals surface area (Å²) >= 11 is 0. The number of hydrogen-bond donors (Lipinski definition) is 2. The van der Waals surface area contributed by atoms with E-state index in [2.05, 4.69) is 6.07 Å². The third-order valence-electron chi connectivity index (χ3n) is 2.54. The number of aliphatic hydroxyl groups excluding tert-OH is 1. The van der Waals surface area contributed by atoms with Gasteiger partial charge in [-0.05, 0) is 35.6 Å². The maximum Gasteiger partial charge on any atom is 0.0684 e. The van der Waals surface area contributed by atoms with Crippen LogP contribution in [0.4, 0.5) is 5.69 Å². The lowest BCUT2D eigenvalue weighted by molar-refractivity contribution is 0.281. The largest absolute Gasteiger partial charge is 0.398 e. The van der Waals surface area contributed by atoms with Crippen LogP contribution < -0.4 is 5.73 Å². The molecule has 3 N–H and O–H groups in total. The minimum atomic E-state index is 0.0656. The molecule has 0 bridgehead atoms. The van der Waals surface area contributed by atoms with Gasteiger partial charge in [0.05, 0.1) is 6.61 Å². The van der Waals surface area contributed by atoms with E-state index in [4.69, 9.17) is 10.8 Å². The minimum Gasteiger partial charge on any atom is -0.398 e. The van der Waals surface area contributed by atoms with Crippen LogP contribution in [0.15, 0.2) is 30.3 Å². The van der Waals surface area contributed by atoms with E-state index >= 15 is 0 Å². The van der Waals surface area contributed by atoms with E-state index in [9.17, 15) is 0 Å². The Balaban J connectivity index is 2.80. The summed E-state index contributed by atoms with van der Waals surface area (Å²) in [6.45, 7) is 2.06. The molecule has 2 nitrogen and oxygen atoms in total. The van der Waals surface area contributed by atoms with Crippen molar-refractivity contribution in [1.82, 2.24) is 0 Å². The lowest BCUT2D eigenvalue weighted by Gasteiger charge is -2.07. The van der Waals surface area contributed by atoms with Crippen molar-refractivity contribution in [3.05, 3.63) is 41.5 Å². The Morgan fingerprint density at radius 2 is 2.07 bits per heavy atom. The lowest BCUT2D eigenvalue weighted by Crippen LogP contribution is -1.92. The highest BCUT2D eigenvalue weighted by Crippen LogP contribution is 2.24. The average Bonchev–Trinajstić information content (AvgIpc) is 2.17. The molecule has 0 aliphatic rings. The van der Waals surface area contributed by atoms with Gasteiger partial charge in [-0.2, -0.15) is 0 Å². The van der Waals surface area contributed by atoms with E-state index in [0.29, 0.717) is 0 Å². The monoisotopic (exact) mass is 187 g/mol. The number of aliphatic hydroxyl groups is 1. The Morgan fingerprint density at radius 1 is 1.29 bits per heavy atom. The van der Waals surface area contributed by atoms with Gasteiger partial charge in [-0.1, -0.05) is 18.2 Å². The first kappa shape index (κ1) is 9.03. The minimum absolute atomic E-state index is 0.0656. The first-order chi connectivity index (χ1) is 6.72. The molecule has 2 aromatic rings. The zero-order chi connectivity index (χ0) is 10.1. The van der Waals surface area contributed by atoms with E-state index < -0.39 is 0 Å². The molecule has 0 radical (unpaired) electrons. The SMILES string of the molecule is Cc1cc2cccc(N)c2cc1CO. The number of aryl methyl sites for hydroxylation is 1. The van der Waals surface area contributed by atoms with Crippen LogP contribution in [0.2, 0.25) is 0 Å². The predicted molar refractivity (Wildman–Crippen MR) is 59.0 cm³/mol. The summed E-state index contributed by atoms with van der Waals surface area (Å²) in [4.78, 5) is 0. The van der Waals surface area contributed by atoms with Crippen molar-refractivity contribution in [2.24, 2.45) is 0 Å². The molecule has 2 heteroatoms. The molecule has 0 atom stereocenters. The van der Waals surface area contributed by atoms with Crippen LogP contribution in [0.3, 0.4) is 0 Å². The summed E-state index contributed by atoms with van der Waals surface area (Å²) in [6, 6.07) is 9.85. The molecule has 0 aliphatic carbocycles. The van der Waals surface area contributed by atoms with Crippen LogP contribution in [0.1, 0.15) is 11.1 Å². The van der Waals surface area contributed by atoms with Crippen LogP contribution in [-0.2, 0) is 6.61 Å². The Hall–Kier alpha value is -1.54. The number of hydrogen-bond acceptors (Lipinski definition) is 2. The van der Waals surface area contributed by atoms with Gasteiger partial charge in [-0.3, -0.25) is 0 Å². The maximum atomic E-state index is 9.13. The number of nitrogen functional groups attached to an aromatic ring is 1. The first-order valence-electron chi connectivity index (χ1n) is 4.61. The fourth-order valence-corrected chi connectivity index (χ4v) is 1.68. The van der Waals surface area contributed by atoms with Crippen molar-refractivity contribution in [2.45, 2.75) is 13.5 Å². The van der Waals surface area contributed by atoms with E-state index in [1.807, 2.05) is 31.2 Å². The lowest BCUT2D eigenvalue weighted by atomic mass is 10.0. The van der Waals surface area contributed by atoms with Crippen LogP contribution >= 0.6 is 0 Å². The molecule has 0 saturated carbocycles. The van der Waals surface area contributed by atoms with E-state index in [-0.39, 0.29) is 6.61 Å². The molecule has 0 aliphatic heterocycles. The molecule has 0 saturated heterocycles. The number of anilines is 1. The summed E-state index contributed by atoms with van der Waals surface area (Å²) in [6.07, 6.45) is 0. The molecule has 0 amide bonds. The Labute approximate surface area is 83.0 Å². The highest BCUT2D eigenvalue weighted by atomic mass is 16.3. The highest BCUT2D eigenvalue weighted by Gasteiger charge is 2.02. The molecule has 72 valence electrons. The quantitative estimate of drug-likeness (QED) is 0.672. The third kappa shape index (κ3) is 1.34. The summed E-state index contributed by atoms with van der Waals surface area (Å²) in [7, 11) is 0. The predicted octanol–water partition coefficient (Wildman–Crippen LogP) is 2.22. The van der Waals surface area contributed by atoms with Crippen LogP contribution in [0.5, 0.6) is 0 Å². The first-order valence-corrected chi connectivity index (χ1v) is 4.61. The molecule has 14 heavy (non-hydrogen) atoms. The molecular formula is C12H13NO. The van der Waals surface area contributed by atoms with E-state index in [1.54, 1.807) is 0 Å². The number of benzene rings is 2. The maximum absolute atomic E-state index is 9.13. The van der Waals surface area contributed by atoms with Gasteiger partial charge in [0.15, 0.2) is 0 Å². The van der Waals surface area contributed by atoms with Gasteiger partial charge in [-0.15, -0.1) is 0 Å². The van der Waals surface area contributed by atoms with Gasteiger partial charge in [0, 0.05) is 11.1 Å². The fourth-order valence-electron chi connectivity index (χ4n) is 1.68. The van der Waals surface area contributed by atoms with Crippen LogP contribution in [0.25, 0.3) is 10.8 Å². The zero-order valence-electron chi connectivity index (χ0n) is 8.12. The van der Waals surface area contributed by atoms with Crippen molar-refractivity contribution in [2.75, 3.05) is 5.73 Å². The molecule has 0 aromatic heterocycles. The normalized spacial score (nSPS) is 10.7. The fraction of sp³-hybridized carbons (Fsp3) is 0.167. The summed E-state index contributed by atoms with van der Waals surface area (Å²) in [5.41, 5.74) is 8.65. The molecule has 0 unspecified atom stereocenters. The summed E-state index contributed by atoms with van der Waals surface area (Å²) < 4.78 is 0. The topological polar surface area (TPSA) is 46.2 Å². The van der Waals surface area contributed by atoms with Gasteiger partial charge in [0.25, 0.3) is 0 Å². The molecule has 0 heterocycles. The second kappa shape index (κ2) is 3.31. The van der Waals surface area contributed by atoms with Gasteiger partial charge in [0.2, 0.25) is 0 Å². The van der Waals surface area contributed by atoms with Crippen molar-refractivity contribution < 1.29 is 5.11 Å². The molecule has 2 rings (SSSR count). The van der Waals surface area contributed by atoms with Crippen molar-refractivity contribution in [3.8, 4) is 0 Å². The van der Waals surface area contributed by atoms with Gasteiger partial charge in [-0.25, -0.2) is 0 Å². The third-order valence-corrected chi connectivity index (χ3v) is 2.54. The average molecular weight is 187 g/mol. The Kier molecular flexibility index (Phi) is 2.14. The van der Waals surface area contributed by atoms with Gasteiger partial charge in [0.1, 0.15) is 0 Å². The Morgan fingerprint density at radius 3 is 2.79 bits per heavy atom. The number of nitrogens with two attached hydrogens (primary N) is 1. The molecule has 0 spiro atoms. The molecular weight excluding hydrogens is 174 g/mol. The standard InChI is InChI=1S/C12H13NO/c1-8-5-9-3-2-4-12(13)11(9)6-10(8)7-14/h2-6,14H,7,13H2,1H3.